The van der Waals surface area contributed by atoms with Crippen LogP contribution in [0.4, 0.5) is 0 Å². The standard InChI is InChI=1S/C11H13ClN2O/c1-13-14-10(15)11(6-7-11)8-2-4-9(12)5-3-8/h2-5,13H,6-7H2,1H3,(H,14,15). The normalized spacial score (nSPS) is 17.2. The van der Waals surface area contributed by atoms with Gasteiger partial charge < -0.3 is 0 Å². The number of benzene rings is 1. The van der Waals surface area contributed by atoms with Crippen molar-refractivity contribution in [3.8, 4) is 0 Å². The number of rotatable bonds is 3. The summed E-state index contributed by atoms with van der Waals surface area (Å²) < 4.78 is 0. The Morgan fingerprint density at radius 1 is 1.33 bits per heavy atom. The SMILES string of the molecule is CNNC(=O)C1(c2ccc(Cl)cc2)CC1. The van der Waals surface area contributed by atoms with E-state index in [0.717, 1.165) is 18.4 Å². The summed E-state index contributed by atoms with van der Waals surface area (Å²) in [7, 11) is 1.69. The largest absolute Gasteiger partial charge is 0.291 e. The fraction of sp³-hybridized carbons (Fsp3) is 0.364. The monoisotopic (exact) mass is 224 g/mol. The van der Waals surface area contributed by atoms with E-state index in [1.54, 1.807) is 7.05 Å². The van der Waals surface area contributed by atoms with Crippen molar-refractivity contribution >= 4 is 17.5 Å². The first-order chi connectivity index (χ1) is 7.19. The summed E-state index contributed by atoms with van der Waals surface area (Å²) in [5, 5.41) is 0.698. The van der Waals surface area contributed by atoms with Gasteiger partial charge >= 0.3 is 0 Å². The third-order valence-corrected chi connectivity index (χ3v) is 3.07. The summed E-state index contributed by atoms with van der Waals surface area (Å²) in [6.07, 6.45) is 1.81. The highest BCUT2D eigenvalue weighted by molar-refractivity contribution is 6.30. The number of carbonyl (C=O) groups excluding carboxylic acids is 1. The number of hydrogen-bond acceptors (Lipinski definition) is 2. The Morgan fingerprint density at radius 2 is 1.93 bits per heavy atom. The van der Waals surface area contributed by atoms with Gasteiger partial charge in [-0.25, -0.2) is 5.43 Å². The van der Waals surface area contributed by atoms with Crippen molar-refractivity contribution in [1.82, 2.24) is 10.9 Å². The van der Waals surface area contributed by atoms with Gasteiger partial charge in [-0.05, 0) is 30.5 Å². The molecule has 0 saturated heterocycles. The topological polar surface area (TPSA) is 41.1 Å². The van der Waals surface area contributed by atoms with Crippen molar-refractivity contribution in [2.75, 3.05) is 7.05 Å². The van der Waals surface area contributed by atoms with Crippen LogP contribution in [0.2, 0.25) is 5.02 Å². The number of halogens is 1. The summed E-state index contributed by atoms with van der Waals surface area (Å²) >= 11 is 5.81. The minimum atomic E-state index is -0.326. The summed E-state index contributed by atoms with van der Waals surface area (Å²) in [4.78, 5) is 11.8. The average Bonchev–Trinajstić information content (AvgIpc) is 3.00. The molecule has 0 unspecified atom stereocenters. The molecule has 1 amide bonds. The van der Waals surface area contributed by atoms with Gasteiger partial charge in [-0.2, -0.15) is 0 Å². The predicted octanol–water partition coefficient (Wildman–Crippen LogP) is 1.62. The number of nitrogens with one attached hydrogen (secondary N) is 2. The van der Waals surface area contributed by atoms with E-state index in [4.69, 9.17) is 11.6 Å². The maximum Gasteiger partial charge on any atom is 0.244 e. The maximum atomic E-state index is 11.8. The predicted molar refractivity (Wildman–Crippen MR) is 59.6 cm³/mol. The maximum absolute atomic E-state index is 11.8. The molecule has 0 atom stereocenters. The molecular formula is C11H13ClN2O. The van der Waals surface area contributed by atoms with E-state index in [-0.39, 0.29) is 11.3 Å². The van der Waals surface area contributed by atoms with E-state index in [0.29, 0.717) is 5.02 Å². The van der Waals surface area contributed by atoms with Crippen molar-refractivity contribution < 1.29 is 4.79 Å². The Labute approximate surface area is 93.8 Å². The summed E-state index contributed by atoms with van der Waals surface area (Å²) in [5.74, 6) is 0.0346. The Bertz CT molecular complexity index is 371. The number of carbonyl (C=O) groups is 1. The van der Waals surface area contributed by atoms with Crippen LogP contribution >= 0.6 is 11.6 Å². The smallest absolute Gasteiger partial charge is 0.244 e. The molecule has 80 valence electrons. The Hall–Kier alpha value is -1.06. The van der Waals surface area contributed by atoms with Crippen LogP contribution < -0.4 is 10.9 Å². The van der Waals surface area contributed by atoms with Crippen LogP contribution in [0.5, 0.6) is 0 Å². The second-order valence-electron chi connectivity index (χ2n) is 3.79. The van der Waals surface area contributed by atoms with Crippen LogP contribution in [-0.4, -0.2) is 13.0 Å². The lowest BCUT2D eigenvalue weighted by atomic mass is 9.95. The van der Waals surface area contributed by atoms with Crippen LogP contribution in [0, 0.1) is 0 Å². The molecule has 1 aromatic rings. The van der Waals surface area contributed by atoms with E-state index in [1.165, 1.54) is 0 Å². The highest BCUT2D eigenvalue weighted by atomic mass is 35.5. The summed E-state index contributed by atoms with van der Waals surface area (Å²) in [6.45, 7) is 0. The van der Waals surface area contributed by atoms with Crippen molar-refractivity contribution in [3.63, 3.8) is 0 Å². The third-order valence-electron chi connectivity index (χ3n) is 2.82. The zero-order valence-corrected chi connectivity index (χ0v) is 9.27. The molecule has 1 aliphatic carbocycles. The summed E-state index contributed by atoms with van der Waals surface area (Å²) in [5.41, 5.74) is 6.02. The number of hydrazine groups is 1. The molecule has 1 saturated carbocycles. The molecule has 1 fully saturated rings. The zero-order chi connectivity index (χ0) is 10.9. The Kier molecular flexibility index (Phi) is 2.67. The lowest BCUT2D eigenvalue weighted by Gasteiger charge is -2.14. The van der Waals surface area contributed by atoms with Gasteiger partial charge in [-0.15, -0.1) is 0 Å². The van der Waals surface area contributed by atoms with E-state index >= 15 is 0 Å². The molecular weight excluding hydrogens is 212 g/mol. The average molecular weight is 225 g/mol. The molecule has 2 N–H and O–H groups in total. The first-order valence-electron chi connectivity index (χ1n) is 4.92. The fourth-order valence-corrected chi connectivity index (χ4v) is 1.90. The van der Waals surface area contributed by atoms with E-state index in [1.807, 2.05) is 24.3 Å². The van der Waals surface area contributed by atoms with E-state index < -0.39 is 0 Å². The van der Waals surface area contributed by atoms with Gasteiger partial charge in [0.1, 0.15) is 0 Å². The van der Waals surface area contributed by atoms with Gasteiger partial charge in [0.15, 0.2) is 0 Å². The van der Waals surface area contributed by atoms with Crippen LogP contribution in [0.15, 0.2) is 24.3 Å². The van der Waals surface area contributed by atoms with Gasteiger partial charge in [0.25, 0.3) is 0 Å². The molecule has 4 heteroatoms. The Morgan fingerprint density at radius 3 is 2.40 bits per heavy atom. The van der Waals surface area contributed by atoms with Crippen molar-refractivity contribution in [2.45, 2.75) is 18.3 Å². The lowest BCUT2D eigenvalue weighted by molar-refractivity contribution is -0.124. The molecule has 0 heterocycles. The molecule has 1 aromatic carbocycles. The van der Waals surface area contributed by atoms with Crippen LogP contribution in [0.3, 0.4) is 0 Å². The second-order valence-corrected chi connectivity index (χ2v) is 4.23. The number of hydrogen-bond donors (Lipinski definition) is 2. The molecule has 2 rings (SSSR count). The molecule has 0 bridgehead atoms. The van der Waals surface area contributed by atoms with Crippen LogP contribution in [-0.2, 0) is 10.2 Å². The van der Waals surface area contributed by atoms with Crippen LogP contribution in [0.1, 0.15) is 18.4 Å². The zero-order valence-electron chi connectivity index (χ0n) is 8.51. The molecule has 0 aliphatic heterocycles. The second kappa shape index (κ2) is 3.83. The Balaban J connectivity index is 2.22. The van der Waals surface area contributed by atoms with Crippen LogP contribution in [0.25, 0.3) is 0 Å². The van der Waals surface area contributed by atoms with E-state index in [9.17, 15) is 4.79 Å². The van der Waals surface area contributed by atoms with E-state index in [2.05, 4.69) is 10.9 Å². The third kappa shape index (κ3) is 1.85. The van der Waals surface area contributed by atoms with Crippen molar-refractivity contribution in [3.05, 3.63) is 34.9 Å². The van der Waals surface area contributed by atoms with Gasteiger partial charge in [0.05, 0.1) is 5.41 Å². The molecule has 0 radical (unpaired) electrons. The lowest BCUT2D eigenvalue weighted by Crippen LogP contribution is -2.41. The van der Waals surface area contributed by atoms with Gasteiger partial charge in [0.2, 0.25) is 5.91 Å². The molecule has 0 aromatic heterocycles. The highest BCUT2D eigenvalue weighted by Gasteiger charge is 2.51. The van der Waals surface area contributed by atoms with Gasteiger partial charge in [-0.3, -0.25) is 10.2 Å². The fourth-order valence-electron chi connectivity index (χ4n) is 1.77. The van der Waals surface area contributed by atoms with Crippen molar-refractivity contribution in [2.24, 2.45) is 0 Å². The minimum absolute atomic E-state index is 0.0346. The first kappa shape index (κ1) is 10.5. The molecule has 0 spiro atoms. The quantitative estimate of drug-likeness (QED) is 0.767. The number of amides is 1. The van der Waals surface area contributed by atoms with Gasteiger partial charge in [-0.1, -0.05) is 23.7 Å². The molecule has 3 nitrogen and oxygen atoms in total. The molecule has 15 heavy (non-hydrogen) atoms. The highest BCUT2D eigenvalue weighted by Crippen LogP contribution is 2.48. The van der Waals surface area contributed by atoms with Gasteiger partial charge in [0, 0.05) is 12.1 Å². The first-order valence-corrected chi connectivity index (χ1v) is 5.30. The molecule has 1 aliphatic rings. The summed E-state index contributed by atoms with van der Waals surface area (Å²) in [6, 6.07) is 7.49. The van der Waals surface area contributed by atoms with Crippen molar-refractivity contribution in [1.29, 1.82) is 0 Å². The minimum Gasteiger partial charge on any atom is -0.291 e.